The first-order valence-electron chi connectivity index (χ1n) is 9.80. The van der Waals surface area contributed by atoms with Gasteiger partial charge in [0.2, 0.25) is 5.91 Å². The van der Waals surface area contributed by atoms with Crippen LogP contribution >= 0.6 is 0 Å². The summed E-state index contributed by atoms with van der Waals surface area (Å²) in [4.78, 5) is 26.9. The summed E-state index contributed by atoms with van der Waals surface area (Å²) in [7, 11) is 1.64. The van der Waals surface area contributed by atoms with Crippen molar-refractivity contribution in [2.24, 2.45) is 5.92 Å². The lowest BCUT2D eigenvalue weighted by atomic mass is 10.00. The number of H-pyrrole nitrogens is 1. The minimum Gasteiger partial charge on any atom is -0.385 e. The van der Waals surface area contributed by atoms with Crippen molar-refractivity contribution in [1.82, 2.24) is 20.4 Å². The topological polar surface area (TPSA) is 87.3 Å². The first kappa shape index (κ1) is 18.9. The number of hydrogen-bond acceptors (Lipinski definition) is 4. The van der Waals surface area contributed by atoms with Gasteiger partial charge >= 0.3 is 0 Å². The smallest absolute Gasteiger partial charge is 0.272 e. The van der Waals surface area contributed by atoms with E-state index in [1.807, 2.05) is 4.90 Å². The summed E-state index contributed by atoms with van der Waals surface area (Å²) in [5, 5.41) is 10.0. The lowest BCUT2D eigenvalue weighted by Gasteiger charge is -2.27. The third-order valence-corrected chi connectivity index (χ3v) is 5.55. The molecule has 0 atom stereocenters. The van der Waals surface area contributed by atoms with E-state index in [9.17, 15) is 9.59 Å². The fraction of sp³-hybridized carbons (Fsp3) is 0.737. The van der Waals surface area contributed by atoms with E-state index in [2.05, 4.69) is 15.5 Å². The van der Waals surface area contributed by atoms with E-state index in [0.29, 0.717) is 38.4 Å². The molecule has 2 amide bonds. The molecule has 1 aliphatic carbocycles. The Morgan fingerprint density at radius 1 is 1.35 bits per heavy atom. The van der Waals surface area contributed by atoms with Gasteiger partial charge < -0.3 is 15.0 Å². The van der Waals surface area contributed by atoms with Gasteiger partial charge in [-0.1, -0.05) is 25.7 Å². The number of nitrogens with one attached hydrogen (secondary N) is 2. The molecular formula is C19H30N4O3. The van der Waals surface area contributed by atoms with Crippen LogP contribution in [-0.4, -0.2) is 53.7 Å². The van der Waals surface area contributed by atoms with E-state index < -0.39 is 0 Å². The summed E-state index contributed by atoms with van der Waals surface area (Å²) >= 11 is 0. The number of ether oxygens (including phenoxy) is 1. The Labute approximate surface area is 154 Å². The molecule has 0 bridgehead atoms. The van der Waals surface area contributed by atoms with E-state index in [0.717, 1.165) is 36.4 Å². The van der Waals surface area contributed by atoms with Crippen molar-refractivity contribution in [2.45, 2.75) is 57.9 Å². The number of aromatic amines is 1. The fourth-order valence-corrected chi connectivity index (χ4v) is 3.98. The minimum atomic E-state index is -0.182. The van der Waals surface area contributed by atoms with Crippen LogP contribution in [0.1, 0.15) is 66.7 Å². The second-order valence-corrected chi connectivity index (χ2v) is 7.39. The first-order valence-corrected chi connectivity index (χ1v) is 9.80. The highest BCUT2D eigenvalue weighted by atomic mass is 16.5. The van der Waals surface area contributed by atoms with Crippen molar-refractivity contribution in [3.05, 3.63) is 17.0 Å². The molecule has 1 aromatic rings. The average molecular weight is 362 g/mol. The van der Waals surface area contributed by atoms with E-state index in [1.165, 1.54) is 25.7 Å². The molecule has 7 nitrogen and oxygen atoms in total. The zero-order chi connectivity index (χ0) is 18.4. The Balaban J connectivity index is 1.54. The number of amides is 2. The van der Waals surface area contributed by atoms with Gasteiger partial charge in [-0.2, -0.15) is 5.10 Å². The largest absolute Gasteiger partial charge is 0.385 e. The molecule has 0 saturated heterocycles. The van der Waals surface area contributed by atoms with Crippen molar-refractivity contribution in [2.75, 3.05) is 26.8 Å². The average Bonchev–Trinajstić information content (AvgIpc) is 3.32. The number of methoxy groups -OCH3 is 1. The number of fused-ring (bicyclic) bond motifs is 1. The summed E-state index contributed by atoms with van der Waals surface area (Å²) in [5.74, 6) is 0.746. The molecule has 0 spiro atoms. The van der Waals surface area contributed by atoms with Crippen LogP contribution in [0, 0.1) is 5.92 Å². The zero-order valence-electron chi connectivity index (χ0n) is 15.7. The molecule has 3 rings (SSSR count). The quantitative estimate of drug-likeness (QED) is 0.693. The molecule has 2 heterocycles. The molecule has 0 radical (unpaired) electrons. The van der Waals surface area contributed by atoms with E-state index in [1.54, 1.807) is 7.11 Å². The Kier molecular flexibility index (Phi) is 6.66. The third kappa shape index (κ3) is 4.63. The number of carbonyl (C=O) groups is 2. The molecule has 7 heteroatoms. The number of rotatable bonds is 8. The lowest BCUT2D eigenvalue weighted by Crippen LogP contribution is -2.37. The standard InChI is InChI=1S/C19H30N4O3/c1-26-12-4-10-20-19(25)18-15-13-23(11-9-16(15)21-22-18)17(24)8-7-14-5-2-3-6-14/h14H,2-13H2,1H3,(H,20,25)(H,21,22). The number of aromatic nitrogens is 2. The monoisotopic (exact) mass is 362 g/mol. The van der Waals surface area contributed by atoms with Gasteiger partial charge in [0.1, 0.15) is 0 Å². The molecule has 26 heavy (non-hydrogen) atoms. The van der Waals surface area contributed by atoms with Crippen molar-refractivity contribution < 1.29 is 14.3 Å². The summed E-state index contributed by atoms with van der Waals surface area (Å²) in [6.45, 7) is 2.35. The molecule has 2 aliphatic rings. The first-order chi connectivity index (χ1) is 12.7. The molecule has 2 N–H and O–H groups in total. The van der Waals surface area contributed by atoms with Gasteiger partial charge in [0.25, 0.3) is 5.91 Å². The molecule has 1 aromatic heterocycles. The third-order valence-electron chi connectivity index (χ3n) is 5.55. The van der Waals surface area contributed by atoms with E-state index in [-0.39, 0.29) is 11.8 Å². The van der Waals surface area contributed by atoms with Gasteiger partial charge in [0.15, 0.2) is 5.69 Å². The highest BCUT2D eigenvalue weighted by Gasteiger charge is 2.28. The molecular weight excluding hydrogens is 332 g/mol. The van der Waals surface area contributed by atoms with Gasteiger partial charge in [-0.05, 0) is 18.8 Å². The maximum absolute atomic E-state index is 12.6. The summed E-state index contributed by atoms with van der Waals surface area (Å²) in [6.07, 6.45) is 8.28. The highest BCUT2D eigenvalue weighted by molar-refractivity contribution is 5.94. The van der Waals surface area contributed by atoms with Crippen molar-refractivity contribution in [1.29, 1.82) is 0 Å². The SMILES string of the molecule is COCCCNC(=O)c1n[nH]c2c1CN(C(=O)CCC1CCCC1)CC2. The van der Waals surface area contributed by atoms with Crippen molar-refractivity contribution in [3.8, 4) is 0 Å². The van der Waals surface area contributed by atoms with Crippen molar-refractivity contribution >= 4 is 11.8 Å². The Morgan fingerprint density at radius 3 is 2.92 bits per heavy atom. The van der Waals surface area contributed by atoms with Gasteiger partial charge in [-0.3, -0.25) is 14.7 Å². The van der Waals surface area contributed by atoms with E-state index >= 15 is 0 Å². The van der Waals surface area contributed by atoms with Crippen LogP contribution in [-0.2, 0) is 22.5 Å². The highest BCUT2D eigenvalue weighted by Crippen LogP contribution is 2.29. The maximum atomic E-state index is 12.6. The van der Waals surface area contributed by atoms with Crippen LogP contribution in [0.5, 0.6) is 0 Å². The lowest BCUT2D eigenvalue weighted by molar-refractivity contribution is -0.132. The minimum absolute atomic E-state index is 0.182. The predicted molar refractivity (Wildman–Crippen MR) is 97.7 cm³/mol. The summed E-state index contributed by atoms with van der Waals surface area (Å²) in [5.41, 5.74) is 2.27. The number of hydrogen-bond donors (Lipinski definition) is 2. The van der Waals surface area contributed by atoms with Crippen LogP contribution in [0.25, 0.3) is 0 Å². The van der Waals surface area contributed by atoms with Crippen LogP contribution in [0.15, 0.2) is 0 Å². The maximum Gasteiger partial charge on any atom is 0.272 e. The second-order valence-electron chi connectivity index (χ2n) is 7.39. The van der Waals surface area contributed by atoms with Crippen LogP contribution < -0.4 is 5.32 Å². The molecule has 1 aliphatic heterocycles. The molecule has 1 saturated carbocycles. The Morgan fingerprint density at radius 2 is 2.15 bits per heavy atom. The summed E-state index contributed by atoms with van der Waals surface area (Å²) < 4.78 is 4.99. The second kappa shape index (κ2) is 9.16. The van der Waals surface area contributed by atoms with Crippen LogP contribution in [0.3, 0.4) is 0 Å². The van der Waals surface area contributed by atoms with Crippen LogP contribution in [0.4, 0.5) is 0 Å². The van der Waals surface area contributed by atoms with Gasteiger partial charge in [-0.25, -0.2) is 0 Å². The Hall–Kier alpha value is -1.89. The normalized spacial score (nSPS) is 17.3. The molecule has 1 fully saturated rings. The fourth-order valence-electron chi connectivity index (χ4n) is 3.98. The predicted octanol–water partition coefficient (Wildman–Crippen LogP) is 2.03. The number of carbonyl (C=O) groups excluding carboxylic acids is 2. The number of nitrogens with zero attached hydrogens (tertiary/aromatic N) is 2. The van der Waals surface area contributed by atoms with Crippen LogP contribution in [0.2, 0.25) is 0 Å². The Bertz CT molecular complexity index is 622. The molecule has 0 aromatic carbocycles. The van der Waals surface area contributed by atoms with Gasteiger partial charge in [0.05, 0.1) is 0 Å². The zero-order valence-corrected chi connectivity index (χ0v) is 15.7. The van der Waals surface area contributed by atoms with Crippen molar-refractivity contribution in [3.63, 3.8) is 0 Å². The van der Waals surface area contributed by atoms with E-state index in [4.69, 9.17) is 4.74 Å². The molecule has 144 valence electrons. The summed E-state index contributed by atoms with van der Waals surface area (Å²) in [6, 6.07) is 0. The van der Waals surface area contributed by atoms with Gasteiger partial charge in [0, 0.05) is 57.4 Å². The molecule has 0 unspecified atom stereocenters. The van der Waals surface area contributed by atoms with Gasteiger partial charge in [-0.15, -0.1) is 0 Å².